The Morgan fingerprint density at radius 1 is 0.647 bits per heavy atom. The Balaban J connectivity index is 0.00000241. The number of carbonyl (C=O) groups is 1. The van der Waals surface area contributed by atoms with Crippen LogP contribution in [0.3, 0.4) is 0 Å². The van der Waals surface area contributed by atoms with E-state index in [0.29, 0.717) is 28.4 Å². The molecule has 0 saturated carbocycles. The minimum absolute atomic E-state index is 0. The molecule has 0 N–H and O–H groups in total. The van der Waals surface area contributed by atoms with Gasteiger partial charge in [-0.15, -0.1) is 0 Å². The van der Waals surface area contributed by atoms with Crippen LogP contribution >= 0.6 is 0 Å². The van der Waals surface area contributed by atoms with E-state index in [1.807, 2.05) is 78.9 Å². The zero-order valence-electron chi connectivity index (χ0n) is 18.3. The summed E-state index contributed by atoms with van der Waals surface area (Å²) in [5, 5.41) is 12.3. The monoisotopic (exact) mass is 450 g/mol. The molecule has 0 aromatic heterocycles. The van der Waals surface area contributed by atoms with E-state index in [9.17, 15) is 9.90 Å². The number of hydrogen-bond acceptors (Lipinski definition) is 6. The van der Waals surface area contributed by atoms with Crippen LogP contribution in [0.25, 0.3) is 5.57 Å². The number of aliphatic imine (C=N–C) groups is 4. The van der Waals surface area contributed by atoms with E-state index in [-0.39, 0.29) is 35.1 Å². The molecule has 0 unspecified atom stereocenters. The first kappa shape index (κ1) is 22.1. The third-order valence-corrected chi connectivity index (χ3v) is 5.48. The average molecular weight is 450 g/mol. The van der Waals surface area contributed by atoms with Crippen molar-refractivity contribution >= 4 is 34.4 Å². The van der Waals surface area contributed by atoms with Crippen molar-refractivity contribution in [2.24, 2.45) is 20.0 Å². The van der Waals surface area contributed by atoms with Crippen LogP contribution in [0.5, 0.6) is 0 Å². The van der Waals surface area contributed by atoms with Crippen molar-refractivity contribution < 1.29 is 39.5 Å². The van der Waals surface area contributed by atoms with Gasteiger partial charge in [-0.3, -0.25) is 0 Å². The maximum absolute atomic E-state index is 12.3. The van der Waals surface area contributed by atoms with E-state index >= 15 is 0 Å². The molecule has 0 aliphatic carbocycles. The van der Waals surface area contributed by atoms with Gasteiger partial charge in [-0.25, -0.2) is 20.0 Å². The molecule has 7 heteroatoms. The third kappa shape index (κ3) is 4.15. The zero-order chi connectivity index (χ0) is 22.4. The minimum Gasteiger partial charge on any atom is -0.545 e. The molecule has 1 aromatic carbocycles. The molecular formula is C27H15N4NaO2. The molecule has 5 aliphatic rings. The Morgan fingerprint density at radius 3 is 1.74 bits per heavy atom. The number of nitrogens with zero attached hydrogens (tertiary/aromatic N) is 4. The van der Waals surface area contributed by atoms with Crippen molar-refractivity contribution in [3.63, 3.8) is 0 Å². The van der Waals surface area contributed by atoms with E-state index in [1.165, 1.54) is 0 Å². The van der Waals surface area contributed by atoms with Gasteiger partial charge in [0.15, 0.2) is 0 Å². The molecule has 0 saturated heterocycles. The van der Waals surface area contributed by atoms with Crippen molar-refractivity contribution in [2.45, 2.75) is 0 Å². The number of allylic oxidation sites excluding steroid dienone is 11. The Bertz CT molecular complexity index is 1500. The predicted molar refractivity (Wildman–Crippen MR) is 128 cm³/mol. The minimum atomic E-state index is -1.29. The van der Waals surface area contributed by atoms with Crippen molar-refractivity contribution in [3.8, 4) is 0 Å². The van der Waals surface area contributed by atoms with Crippen molar-refractivity contribution in [2.75, 3.05) is 0 Å². The van der Waals surface area contributed by atoms with Crippen molar-refractivity contribution in [1.29, 1.82) is 0 Å². The first-order valence-corrected chi connectivity index (χ1v) is 10.4. The number of aliphatic carboxylic acids is 1. The molecule has 1 aromatic rings. The molecule has 5 aliphatic heterocycles. The van der Waals surface area contributed by atoms with Crippen LogP contribution in [0.2, 0.25) is 0 Å². The van der Waals surface area contributed by atoms with Crippen LogP contribution in [0.4, 0.5) is 0 Å². The van der Waals surface area contributed by atoms with E-state index < -0.39 is 5.97 Å². The van der Waals surface area contributed by atoms with Crippen LogP contribution in [-0.2, 0) is 4.79 Å². The number of carboxylic acids is 1. The fourth-order valence-corrected chi connectivity index (χ4v) is 4.06. The topological polar surface area (TPSA) is 89.6 Å². The van der Waals surface area contributed by atoms with E-state index in [0.717, 1.165) is 28.4 Å². The molecule has 34 heavy (non-hydrogen) atoms. The first-order chi connectivity index (χ1) is 16.1. The van der Waals surface area contributed by atoms with Crippen LogP contribution in [-0.4, -0.2) is 28.8 Å². The summed E-state index contributed by atoms with van der Waals surface area (Å²) in [6, 6.07) is 9.32. The number of carboxylic acid groups (broad SMARTS) is 1. The average Bonchev–Trinajstić information content (AvgIpc) is 3.58. The fraction of sp³-hybridized carbons (Fsp3) is 0. The standard InChI is InChI=1S/C27H16N4O2.Na/c32-27(33)26-24-15-22-11-9-20(30-22)13-18-7-6-17(28-18)12-19-8-10-21(29-19)14-23(31-24)25(26)16-4-2-1-3-5-16;/h1-15H,(H,32,33);/q;+1/p-1. The molecule has 156 valence electrons. The Labute approximate surface area is 217 Å². The predicted octanol–water partition coefficient (Wildman–Crippen LogP) is 0.230. The summed E-state index contributed by atoms with van der Waals surface area (Å²) >= 11 is 0. The number of fused-ring (bicyclic) bond motifs is 4. The molecule has 5 heterocycles. The van der Waals surface area contributed by atoms with Gasteiger partial charge >= 0.3 is 29.6 Å². The summed E-state index contributed by atoms with van der Waals surface area (Å²) in [6.45, 7) is 0. The maximum Gasteiger partial charge on any atom is 1.00 e. The van der Waals surface area contributed by atoms with Gasteiger partial charge in [0.2, 0.25) is 0 Å². The SMILES string of the molecule is O=C([O-])C1=C(c2ccccc2)C2=NC1=CC1=NC(=CC3=NC(=CC4=NC(=C2)C=C4)C=C3)C=C1.[Na+]. The molecule has 6 nitrogen and oxygen atoms in total. The van der Waals surface area contributed by atoms with Gasteiger partial charge in [0.25, 0.3) is 0 Å². The van der Waals surface area contributed by atoms with E-state index in [4.69, 9.17) is 0 Å². The normalized spacial score (nSPS) is 19.5. The number of rotatable bonds is 2. The quantitative estimate of drug-likeness (QED) is 0.604. The fourth-order valence-electron chi connectivity index (χ4n) is 4.06. The van der Waals surface area contributed by atoms with Gasteiger partial charge in [0.05, 0.1) is 51.6 Å². The second kappa shape index (κ2) is 8.91. The van der Waals surface area contributed by atoms with Crippen LogP contribution < -0.4 is 34.7 Å². The molecular weight excluding hydrogens is 435 g/mol. The molecule has 8 bridgehead atoms. The summed E-state index contributed by atoms with van der Waals surface area (Å²) < 4.78 is 0. The molecule has 0 radical (unpaired) electrons. The molecule has 0 atom stereocenters. The van der Waals surface area contributed by atoms with Gasteiger partial charge in [-0.2, -0.15) is 0 Å². The van der Waals surface area contributed by atoms with Gasteiger partial charge in [-0.1, -0.05) is 30.3 Å². The summed E-state index contributed by atoms with van der Waals surface area (Å²) in [6.07, 6.45) is 18.5. The second-order valence-corrected chi connectivity index (χ2v) is 7.75. The van der Waals surface area contributed by atoms with Gasteiger partial charge in [0.1, 0.15) is 0 Å². The van der Waals surface area contributed by atoms with Crippen LogP contribution in [0, 0.1) is 0 Å². The smallest absolute Gasteiger partial charge is 0.545 e. The number of hydrogen-bond donors (Lipinski definition) is 0. The third-order valence-electron chi connectivity index (χ3n) is 5.48. The second-order valence-electron chi connectivity index (χ2n) is 7.75. The van der Waals surface area contributed by atoms with Crippen molar-refractivity contribution in [3.05, 3.63) is 125 Å². The van der Waals surface area contributed by atoms with Crippen molar-refractivity contribution in [1.82, 2.24) is 0 Å². The van der Waals surface area contributed by atoms with E-state index in [1.54, 1.807) is 12.2 Å². The zero-order valence-corrected chi connectivity index (χ0v) is 20.3. The van der Waals surface area contributed by atoms with Gasteiger partial charge < -0.3 is 9.90 Å². The van der Waals surface area contributed by atoms with Crippen LogP contribution in [0.15, 0.2) is 139 Å². The number of carbonyl (C=O) groups excluding carboxylic acids is 1. The number of benzene rings is 1. The Morgan fingerprint density at radius 2 is 1.18 bits per heavy atom. The molecule has 0 spiro atoms. The summed E-state index contributed by atoms with van der Waals surface area (Å²) in [7, 11) is 0. The summed E-state index contributed by atoms with van der Waals surface area (Å²) in [4.78, 5) is 30.8. The molecule has 0 amide bonds. The van der Waals surface area contributed by atoms with Gasteiger partial charge in [-0.05, 0) is 66.3 Å². The summed E-state index contributed by atoms with van der Waals surface area (Å²) in [5.74, 6) is -1.29. The van der Waals surface area contributed by atoms with E-state index in [2.05, 4.69) is 20.0 Å². The molecule has 0 fully saturated rings. The maximum atomic E-state index is 12.3. The van der Waals surface area contributed by atoms with Gasteiger partial charge in [0, 0.05) is 11.1 Å². The largest absolute Gasteiger partial charge is 1.00 e. The van der Waals surface area contributed by atoms with Crippen LogP contribution in [0.1, 0.15) is 5.56 Å². The molecule has 6 rings (SSSR count). The first-order valence-electron chi connectivity index (χ1n) is 10.4. The summed E-state index contributed by atoms with van der Waals surface area (Å²) in [5.41, 5.74) is 6.42. The Kier molecular flexibility index (Phi) is 5.79. The Hall–Kier alpha value is -3.71.